The zero-order valence-corrected chi connectivity index (χ0v) is 12.8. The third kappa shape index (κ3) is 4.85. The van der Waals surface area contributed by atoms with Gasteiger partial charge in [-0.05, 0) is 18.1 Å². The average Bonchev–Trinajstić information content (AvgIpc) is 2.59. The number of amides is 1. The highest BCUT2D eigenvalue weighted by molar-refractivity contribution is 5.73. The number of rotatable bonds is 6. The minimum atomic E-state index is -0.984. The first-order valence-electron chi connectivity index (χ1n) is 7.33. The maximum Gasteiger partial charge on any atom is 0.407 e. The monoisotopic (exact) mass is 313 g/mol. The van der Waals surface area contributed by atoms with E-state index >= 15 is 0 Å². The maximum absolute atomic E-state index is 12.0. The molecule has 2 atom stereocenters. The Bertz CT molecular complexity index is 643. The van der Waals surface area contributed by atoms with Crippen molar-refractivity contribution in [1.29, 1.82) is 0 Å². The molecule has 120 valence electrons. The second kappa shape index (κ2) is 7.98. The molecule has 0 aliphatic rings. The van der Waals surface area contributed by atoms with E-state index in [9.17, 15) is 14.7 Å². The average molecular weight is 313 g/mol. The fraction of sp³-hybridized carbons (Fsp3) is 0.222. The van der Waals surface area contributed by atoms with E-state index < -0.39 is 24.0 Å². The summed E-state index contributed by atoms with van der Waals surface area (Å²) >= 11 is 0. The number of hydrogen-bond donors (Lipinski definition) is 2. The van der Waals surface area contributed by atoms with Crippen LogP contribution in [0, 0.1) is 5.92 Å². The van der Waals surface area contributed by atoms with Gasteiger partial charge in [-0.25, -0.2) is 4.79 Å². The first-order chi connectivity index (χ1) is 11.1. The molecule has 0 fully saturated rings. The van der Waals surface area contributed by atoms with Crippen molar-refractivity contribution in [2.24, 2.45) is 5.92 Å². The molecule has 5 nitrogen and oxygen atoms in total. The Morgan fingerprint density at radius 3 is 2.17 bits per heavy atom. The van der Waals surface area contributed by atoms with Crippen LogP contribution < -0.4 is 5.32 Å². The first kappa shape index (κ1) is 16.5. The smallest absolute Gasteiger partial charge is 0.407 e. The van der Waals surface area contributed by atoms with Crippen LogP contribution in [0.3, 0.4) is 0 Å². The van der Waals surface area contributed by atoms with E-state index in [0.717, 1.165) is 11.1 Å². The van der Waals surface area contributed by atoms with Gasteiger partial charge >= 0.3 is 12.1 Å². The van der Waals surface area contributed by atoms with Gasteiger partial charge in [-0.3, -0.25) is 4.79 Å². The number of nitrogens with one attached hydrogen (secondary N) is 1. The molecule has 0 heterocycles. The summed E-state index contributed by atoms with van der Waals surface area (Å²) in [6.07, 6.45) is -0.643. The molecule has 0 saturated heterocycles. The molecule has 2 N–H and O–H groups in total. The Kier molecular flexibility index (Phi) is 5.74. The Morgan fingerprint density at radius 1 is 1.04 bits per heavy atom. The van der Waals surface area contributed by atoms with Crippen molar-refractivity contribution in [3.63, 3.8) is 0 Å². The van der Waals surface area contributed by atoms with E-state index in [1.165, 1.54) is 0 Å². The summed E-state index contributed by atoms with van der Waals surface area (Å²) in [5.41, 5.74) is 1.59. The van der Waals surface area contributed by atoms with E-state index in [-0.39, 0.29) is 6.61 Å². The normalized spacial score (nSPS) is 12.9. The quantitative estimate of drug-likeness (QED) is 0.857. The minimum Gasteiger partial charge on any atom is -0.481 e. The van der Waals surface area contributed by atoms with Crippen LogP contribution in [0.15, 0.2) is 60.7 Å². The highest BCUT2D eigenvalue weighted by atomic mass is 16.5. The number of hydrogen-bond acceptors (Lipinski definition) is 3. The van der Waals surface area contributed by atoms with Crippen LogP contribution in [0.25, 0.3) is 0 Å². The van der Waals surface area contributed by atoms with Crippen LogP contribution in [-0.4, -0.2) is 17.2 Å². The van der Waals surface area contributed by atoms with Crippen molar-refractivity contribution in [3.05, 3.63) is 71.8 Å². The Hall–Kier alpha value is -2.82. The summed E-state index contributed by atoms with van der Waals surface area (Å²) in [4.78, 5) is 23.3. The fourth-order valence-corrected chi connectivity index (χ4v) is 2.19. The molecule has 23 heavy (non-hydrogen) atoms. The van der Waals surface area contributed by atoms with Gasteiger partial charge < -0.3 is 15.2 Å². The van der Waals surface area contributed by atoms with Crippen LogP contribution >= 0.6 is 0 Å². The standard InChI is InChI=1S/C18H19NO4/c1-13(17(20)21)16(15-10-6-3-7-11-15)19-18(22)23-12-14-8-4-2-5-9-14/h2-11,13,16H,12H2,1H3,(H,19,22)(H,20,21)/t13-,16+/m0/s1. The molecule has 0 aromatic heterocycles. The van der Waals surface area contributed by atoms with Crippen molar-refractivity contribution in [2.45, 2.75) is 19.6 Å². The third-order valence-electron chi connectivity index (χ3n) is 3.53. The molecule has 2 aromatic carbocycles. The molecule has 0 aliphatic heterocycles. The van der Waals surface area contributed by atoms with Gasteiger partial charge in [0.1, 0.15) is 6.61 Å². The Balaban J connectivity index is 2.02. The van der Waals surface area contributed by atoms with Gasteiger partial charge in [0.15, 0.2) is 0 Å². The molecule has 0 saturated carbocycles. The predicted molar refractivity (Wildman–Crippen MR) is 85.7 cm³/mol. The van der Waals surface area contributed by atoms with Crippen LogP contribution in [0.4, 0.5) is 4.79 Å². The number of carboxylic acid groups (broad SMARTS) is 1. The molecule has 2 rings (SSSR count). The van der Waals surface area contributed by atoms with Gasteiger partial charge in [0.05, 0.1) is 12.0 Å². The number of aliphatic carboxylic acids is 1. The molecule has 1 amide bonds. The Labute approximate surface area is 134 Å². The summed E-state index contributed by atoms with van der Waals surface area (Å²) in [6.45, 7) is 1.69. The third-order valence-corrected chi connectivity index (χ3v) is 3.53. The lowest BCUT2D eigenvalue weighted by Gasteiger charge is -2.22. The molecule has 0 aliphatic carbocycles. The number of alkyl carbamates (subject to hydrolysis) is 1. The molecule has 0 unspecified atom stereocenters. The van der Waals surface area contributed by atoms with E-state index in [1.54, 1.807) is 31.2 Å². The summed E-state index contributed by atoms with van der Waals surface area (Å²) in [5.74, 6) is -1.76. The van der Waals surface area contributed by atoms with Gasteiger partial charge in [0.2, 0.25) is 0 Å². The second-order valence-electron chi connectivity index (χ2n) is 5.22. The molecular weight excluding hydrogens is 294 g/mol. The van der Waals surface area contributed by atoms with Crippen molar-refractivity contribution in [3.8, 4) is 0 Å². The fourth-order valence-electron chi connectivity index (χ4n) is 2.19. The maximum atomic E-state index is 12.0. The van der Waals surface area contributed by atoms with Gasteiger partial charge in [-0.1, -0.05) is 60.7 Å². The SMILES string of the molecule is C[C@H](C(=O)O)[C@@H](NC(=O)OCc1ccccc1)c1ccccc1. The zero-order chi connectivity index (χ0) is 16.7. The minimum absolute atomic E-state index is 0.135. The van der Waals surface area contributed by atoms with Crippen LogP contribution in [0.1, 0.15) is 24.1 Å². The summed E-state index contributed by atoms with van der Waals surface area (Å²) in [6, 6.07) is 17.6. The molecular formula is C18H19NO4. The summed E-state index contributed by atoms with van der Waals surface area (Å²) in [7, 11) is 0. The number of carbonyl (C=O) groups is 2. The number of carboxylic acids is 1. The van der Waals surface area contributed by atoms with Crippen LogP contribution in [0.5, 0.6) is 0 Å². The number of benzene rings is 2. The lowest BCUT2D eigenvalue weighted by molar-refractivity contribution is -0.142. The summed E-state index contributed by atoms with van der Waals surface area (Å²) < 4.78 is 5.17. The molecule has 2 aromatic rings. The van der Waals surface area contributed by atoms with E-state index in [0.29, 0.717) is 0 Å². The lowest BCUT2D eigenvalue weighted by Crippen LogP contribution is -2.35. The highest BCUT2D eigenvalue weighted by Crippen LogP contribution is 2.22. The topological polar surface area (TPSA) is 75.6 Å². The van der Waals surface area contributed by atoms with Crippen molar-refractivity contribution in [2.75, 3.05) is 0 Å². The number of carbonyl (C=O) groups excluding carboxylic acids is 1. The molecule has 0 bridgehead atoms. The lowest BCUT2D eigenvalue weighted by atomic mass is 9.95. The van der Waals surface area contributed by atoms with Crippen LogP contribution in [0.2, 0.25) is 0 Å². The molecule has 5 heteroatoms. The first-order valence-corrected chi connectivity index (χ1v) is 7.33. The van der Waals surface area contributed by atoms with Crippen molar-refractivity contribution in [1.82, 2.24) is 5.32 Å². The largest absolute Gasteiger partial charge is 0.481 e. The van der Waals surface area contributed by atoms with E-state index in [4.69, 9.17) is 4.74 Å². The molecule has 0 radical (unpaired) electrons. The van der Waals surface area contributed by atoms with E-state index in [2.05, 4.69) is 5.32 Å². The molecule has 0 spiro atoms. The van der Waals surface area contributed by atoms with E-state index in [1.807, 2.05) is 36.4 Å². The zero-order valence-electron chi connectivity index (χ0n) is 12.8. The van der Waals surface area contributed by atoms with Crippen molar-refractivity contribution >= 4 is 12.1 Å². The number of ether oxygens (including phenoxy) is 1. The summed E-state index contributed by atoms with van der Waals surface area (Å²) in [5, 5.41) is 11.9. The van der Waals surface area contributed by atoms with Gasteiger partial charge in [0.25, 0.3) is 0 Å². The van der Waals surface area contributed by atoms with Gasteiger partial charge in [-0.15, -0.1) is 0 Å². The van der Waals surface area contributed by atoms with Gasteiger partial charge in [0, 0.05) is 0 Å². The second-order valence-corrected chi connectivity index (χ2v) is 5.22. The predicted octanol–water partition coefficient (Wildman–Crippen LogP) is 3.37. The highest BCUT2D eigenvalue weighted by Gasteiger charge is 2.27. The Morgan fingerprint density at radius 2 is 1.61 bits per heavy atom. The van der Waals surface area contributed by atoms with Crippen LogP contribution in [-0.2, 0) is 16.1 Å². The van der Waals surface area contributed by atoms with Crippen molar-refractivity contribution < 1.29 is 19.4 Å². The van der Waals surface area contributed by atoms with Gasteiger partial charge in [-0.2, -0.15) is 0 Å².